The number of benzene rings is 1. The smallest absolute Gasteiger partial charge is 0.235 e. The Balaban J connectivity index is 2.51. The fourth-order valence-electron chi connectivity index (χ4n) is 1.22. The van der Waals surface area contributed by atoms with Crippen molar-refractivity contribution in [2.75, 3.05) is 12.3 Å². The van der Waals surface area contributed by atoms with E-state index in [0.29, 0.717) is 5.75 Å². The highest BCUT2D eigenvalue weighted by atomic mass is 79.9. The van der Waals surface area contributed by atoms with Crippen LogP contribution in [0.2, 0.25) is 0 Å². The van der Waals surface area contributed by atoms with E-state index in [9.17, 15) is 4.79 Å². The molecule has 1 aromatic rings. The van der Waals surface area contributed by atoms with Gasteiger partial charge in [-0.25, -0.2) is 0 Å². The van der Waals surface area contributed by atoms with Crippen molar-refractivity contribution in [3.8, 4) is 0 Å². The number of amides is 1. The number of thioether (sulfide) groups is 1. The van der Waals surface area contributed by atoms with E-state index in [2.05, 4.69) is 21.2 Å². The van der Waals surface area contributed by atoms with Gasteiger partial charge in [-0.1, -0.05) is 28.9 Å². The van der Waals surface area contributed by atoms with Gasteiger partial charge in [-0.2, -0.15) is 0 Å². The maximum atomic E-state index is 11.1. The number of likely N-dealkylation sites (N-methyl/N-ethyl adjacent to an activating group) is 1. The molecule has 1 rings (SSSR count). The van der Waals surface area contributed by atoms with Crippen molar-refractivity contribution in [2.45, 2.75) is 17.9 Å². The lowest BCUT2D eigenvalue weighted by Crippen LogP contribution is -2.42. The van der Waals surface area contributed by atoms with Gasteiger partial charge in [0.25, 0.3) is 0 Å². The van der Waals surface area contributed by atoms with Gasteiger partial charge in [-0.3, -0.25) is 4.79 Å². The number of carbonyl (C=O) groups is 1. The lowest BCUT2D eigenvalue weighted by Gasteiger charge is -2.13. The van der Waals surface area contributed by atoms with E-state index in [4.69, 9.17) is 5.73 Å². The highest BCUT2D eigenvalue weighted by molar-refractivity contribution is 9.10. The normalized spacial score (nSPS) is 12.4. The van der Waals surface area contributed by atoms with Crippen molar-refractivity contribution >= 4 is 33.6 Å². The first-order valence-electron chi connectivity index (χ1n) is 5.04. The molecule has 88 valence electrons. The molecule has 1 amide bonds. The van der Waals surface area contributed by atoms with Crippen LogP contribution in [0.4, 0.5) is 0 Å². The van der Waals surface area contributed by atoms with Crippen LogP contribution >= 0.6 is 27.7 Å². The Bertz CT molecular complexity index is 360. The summed E-state index contributed by atoms with van der Waals surface area (Å²) in [5.41, 5.74) is 5.29. The van der Waals surface area contributed by atoms with E-state index in [1.54, 1.807) is 11.8 Å². The van der Waals surface area contributed by atoms with Gasteiger partial charge in [0.2, 0.25) is 5.91 Å². The molecule has 1 atom stereocenters. The Labute approximate surface area is 108 Å². The summed E-state index contributed by atoms with van der Waals surface area (Å²) in [4.78, 5) is 12.2. The third-order valence-electron chi connectivity index (χ3n) is 2.01. The summed E-state index contributed by atoms with van der Waals surface area (Å²) >= 11 is 5.03. The molecule has 0 saturated carbocycles. The van der Waals surface area contributed by atoms with Gasteiger partial charge in [-0.05, 0) is 24.7 Å². The van der Waals surface area contributed by atoms with E-state index in [1.165, 1.54) is 0 Å². The second-order valence-electron chi connectivity index (χ2n) is 3.28. The average molecular weight is 303 g/mol. The molecular weight excluding hydrogens is 288 g/mol. The summed E-state index contributed by atoms with van der Waals surface area (Å²) < 4.78 is 1.04. The zero-order chi connectivity index (χ0) is 12.0. The molecule has 0 aliphatic rings. The topological polar surface area (TPSA) is 55.1 Å². The number of hydrogen-bond donors (Lipinski definition) is 2. The van der Waals surface area contributed by atoms with Crippen molar-refractivity contribution < 1.29 is 4.79 Å². The molecule has 0 heterocycles. The number of halogens is 1. The molecule has 0 bridgehead atoms. The molecule has 0 spiro atoms. The predicted octanol–water partition coefficient (Wildman–Crippen LogP) is 2.00. The van der Waals surface area contributed by atoms with E-state index >= 15 is 0 Å². The van der Waals surface area contributed by atoms with Gasteiger partial charge in [-0.15, -0.1) is 11.8 Å². The van der Waals surface area contributed by atoms with Crippen LogP contribution in [0, 0.1) is 0 Å². The second kappa shape index (κ2) is 6.93. The van der Waals surface area contributed by atoms with Crippen LogP contribution in [0.15, 0.2) is 33.6 Å². The molecule has 0 saturated heterocycles. The number of rotatable bonds is 6. The van der Waals surface area contributed by atoms with E-state index in [1.807, 2.05) is 31.2 Å². The Morgan fingerprint density at radius 2 is 2.38 bits per heavy atom. The molecule has 0 aliphatic carbocycles. The van der Waals surface area contributed by atoms with Crippen LogP contribution in [-0.2, 0) is 4.79 Å². The third-order valence-corrected chi connectivity index (χ3v) is 3.59. The SMILES string of the molecule is CCNC(CSc1cccc(Br)c1)C(N)=O. The highest BCUT2D eigenvalue weighted by Gasteiger charge is 2.13. The van der Waals surface area contributed by atoms with E-state index in [0.717, 1.165) is 15.9 Å². The fraction of sp³-hybridized carbons (Fsp3) is 0.364. The minimum atomic E-state index is -0.302. The summed E-state index contributed by atoms with van der Waals surface area (Å²) in [7, 11) is 0. The van der Waals surface area contributed by atoms with Gasteiger partial charge in [0.05, 0.1) is 6.04 Å². The Kier molecular flexibility index (Phi) is 5.87. The number of nitrogens with one attached hydrogen (secondary N) is 1. The summed E-state index contributed by atoms with van der Waals surface area (Å²) in [5.74, 6) is 0.351. The monoisotopic (exact) mass is 302 g/mol. The van der Waals surface area contributed by atoms with Crippen LogP contribution in [0.5, 0.6) is 0 Å². The second-order valence-corrected chi connectivity index (χ2v) is 5.29. The van der Waals surface area contributed by atoms with E-state index in [-0.39, 0.29) is 11.9 Å². The summed E-state index contributed by atoms with van der Waals surface area (Å²) in [6, 6.07) is 7.71. The highest BCUT2D eigenvalue weighted by Crippen LogP contribution is 2.22. The van der Waals surface area contributed by atoms with Crippen LogP contribution < -0.4 is 11.1 Å². The van der Waals surface area contributed by atoms with Crippen molar-refractivity contribution in [3.05, 3.63) is 28.7 Å². The van der Waals surface area contributed by atoms with Gasteiger partial charge in [0.15, 0.2) is 0 Å². The lowest BCUT2D eigenvalue weighted by atomic mass is 10.3. The van der Waals surface area contributed by atoms with Gasteiger partial charge < -0.3 is 11.1 Å². The van der Waals surface area contributed by atoms with Crippen LogP contribution in [0.3, 0.4) is 0 Å². The first-order chi connectivity index (χ1) is 7.63. The van der Waals surface area contributed by atoms with Crippen molar-refractivity contribution in [1.82, 2.24) is 5.32 Å². The Morgan fingerprint density at radius 1 is 1.62 bits per heavy atom. The van der Waals surface area contributed by atoms with Gasteiger partial charge in [0.1, 0.15) is 0 Å². The predicted molar refractivity (Wildman–Crippen MR) is 71.5 cm³/mol. The number of hydrogen-bond acceptors (Lipinski definition) is 3. The fourth-order valence-corrected chi connectivity index (χ4v) is 2.80. The lowest BCUT2D eigenvalue weighted by molar-refractivity contribution is -0.119. The van der Waals surface area contributed by atoms with Crippen molar-refractivity contribution in [1.29, 1.82) is 0 Å². The molecule has 3 N–H and O–H groups in total. The molecular formula is C11H15BrN2OS. The van der Waals surface area contributed by atoms with E-state index < -0.39 is 0 Å². The van der Waals surface area contributed by atoms with Gasteiger partial charge >= 0.3 is 0 Å². The maximum Gasteiger partial charge on any atom is 0.235 e. The third kappa shape index (κ3) is 4.55. The van der Waals surface area contributed by atoms with Crippen LogP contribution in [-0.4, -0.2) is 24.2 Å². The number of nitrogens with two attached hydrogens (primary N) is 1. The minimum absolute atomic E-state index is 0.269. The molecule has 5 heteroatoms. The van der Waals surface area contributed by atoms with Crippen molar-refractivity contribution in [2.24, 2.45) is 5.73 Å². The molecule has 0 aliphatic heterocycles. The largest absolute Gasteiger partial charge is 0.368 e. The molecule has 0 fully saturated rings. The Hall–Kier alpha value is -0.520. The minimum Gasteiger partial charge on any atom is -0.368 e. The first kappa shape index (κ1) is 13.5. The summed E-state index contributed by atoms with van der Waals surface area (Å²) in [6.07, 6.45) is 0. The molecule has 1 aromatic carbocycles. The number of carbonyl (C=O) groups excluding carboxylic acids is 1. The van der Waals surface area contributed by atoms with Crippen LogP contribution in [0.25, 0.3) is 0 Å². The van der Waals surface area contributed by atoms with Crippen molar-refractivity contribution in [3.63, 3.8) is 0 Å². The molecule has 16 heavy (non-hydrogen) atoms. The molecule has 1 unspecified atom stereocenters. The zero-order valence-electron chi connectivity index (χ0n) is 9.07. The van der Waals surface area contributed by atoms with Gasteiger partial charge in [0, 0.05) is 15.1 Å². The van der Waals surface area contributed by atoms with Crippen LogP contribution in [0.1, 0.15) is 6.92 Å². The zero-order valence-corrected chi connectivity index (χ0v) is 11.5. The standard InChI is InChI=1S/C11H15BrN2OS/c1-2-14-10(11(13)15)7-16-9-5-3-4-8(12)6-9/h3-6,10,14H,2,7H2,1H3,(H2,13,15). The summed E-state index contributed by atoms with van der Waals surface area (Å²) in [5, 5.41) is 3.06. The molecule has 0 radical (unpaired) electrons. The molecule has 3 nitrogen and oxygen atoms in total. The number of primary amides is 1. The quantitative estimate of drug-likeness (QED) is 0.790. The maximum absolute atomic E-state index is 11.1. The first-order valence-corrected chi connectivity index (χ1v) is 6.82. The Morgan fingerprint density at radius 3 is 2.94 bits per heavy atom. The molecule has 0 aromatic heterocycles. The average Bonchev–Trinajstić information content (AvgIpc) is 2.24. The summed E-state index contributed by atoms with van der Waals surface area (Å²) in [6.45, 7) is 2.70.